The average Bonchev–Trinajstić information content (AvgIpc) is 3.38. The molecular formula is C17H19ClN6S. The minimum absolute atomic E-state index is 0.245. The van der Waals surface area contributed by atoms with Crippen LogP contribution in [0.4, 0.5) is 5.95 Å². The Labute approximate surface area is 156 Å². The average molecular weight is 375 g/mol. The van der Waals surface area contributed by atoms with Gasteiger partial charge in [0, 0.05) is 19.1 Å². The normalized spacial score (nSPS) is 18.4. The van der Waals surface area contributed by atoms with Gasteiger partial charge >= 0.3 is 0 Å². The van der Waals surface area contributed by atoms with E-state index in [1.54, 1.807) is 6.07 Å². The molecule has 0 spiro atoms. The van der Waals surface area contributed by atoms with Gasteiger partial charge in [0.25, 0.3) is 0 Å². The van der Waals surface area contributed by atoms with Gasteiger partial charge < -0.3 is 4.90 Å². The molecule has 2 fully saturated rings. The minimum atomic E-state index is 0.245. The molecular weight excluding hydrogens is 356 g/mol. The molecule has 3 heterocycles. The summed E-state index contributed by atoms with van der Waals surface area (Å²) in [5, 5.41) is 19.9. The van der Waals surface area contributed by atoms with Crippen molar-refractivity contribution >= 4 is 29.3 Å². The van der Waals surface area contributed by atoms with E-state index in [4.69, 9.17) is 16.9 Å². The molecule has 0 N–H and O–H groups in total. The van der Waals surface area contributed by atoms with Gasteiger partial charge in [-0.1, -0.05) is 18.5 Å². The third-order valence-electron chi connectivity index (χ3n) is 4.75. The van der Waals surface area contributed by atoms with Gasteiger partial charge in [-0.2, -0.15) is 5.26 Å². The molecule has 1 aliphatic heterocycles. The van der Waals surface area contributed by atoms with Crippen LogP contribution in [0, 0.1) is 17.2 Å². The number of rotatable bonds is 4. The summed E-state index contributed by atoms with van der Waals surface area (Å²) < 4.78 is 2.25. The number of hydrogen-bond acceptors (Lipinski definition) is 6. The second-order valence-electron chi connectivity index (χ2n) is 6.75. The van der Waals surface area contributed by atoms with Crippen LogP contribution >= 0.6 is 23.4 Å². The summed E-state index contributed by atoms with van der Waals surface area (Å²) in [6, 6.07) is 6.04. The number of piperidine rings is 1. The van der Waals surface area contributed by atoms with E-state index in [0.717, 1.165) is 30.1 Å². The van der Waals surface area contributed by atoms with Crippen LogP contribution in [-0.2, 0) is 0 Å². The monoisotopic (exact) mass is 374 g/mol. The van der Waals surface area contributed by atoms with Crippen LogP contribution in [0.5, 0.6) is 0 Å². The first-order valence-corrected chi connectivity index (χ1v) is 9.79. The topological polar surface area (TPSA) is 70.6 Å². The smallest absolute Gasteiger partial charge is 0.228 e. The lowest BCUT2D eigenvalue weighted by molar-refractivity contribution is 0.429. The zero-order chi connectivity index (χ0) is 17.4. The Hall–Kier alpha value is -1.78. The SMILES string of the molecule is CC1CCN(c2nnc(Sc3ccc(Cl)c(C#N)n3)n2C2CC2)CC1. The van der Waals surface area contributed by atoms with E-state index in [0.29, 0.717) is 16.1 Å². The summed E-state index contributed by atoms with van der Waals surface area (Å²) in [5.41, 5.74) is 0.245. The van der Waals surface area contributed by atoms with Crippen molar-refractivity contribution in [2.45, 2.75) is 48.8 Å². The van der Waals surface area contributed by atoms with Gasteiger partial charge in [-0.25, -0.2) is 4.98 Å². The van der Waals surface area contributed by atoms with Gasteiger partial charge in [0.05, 0.1) is 5.02 Å². The number of nitriles is 1. The number of pyridine rings is 1. The molecule has 25 heavy (non-hydrogen) atoms. The molecule has 0 unspecified atom stereocenters. The summed E-state index contributed by atoms with van der Waals surface area (Å²) in [7, 11) is 0. The molecule has 1 saturated carbocycles. The molecule has 8 heteroatoms. The Balaban J connectivity index is 1.61. The van der Waals surface area contributed by atoms with E-state index < -0.39 is 0 Å². The van der Waals surface area contributed by atoms with Gasteiger partial charge in [-0.15, -0.1) is 10.2 Å². The highest BCUT2D eigenvalue weighted by molar-refractivity contribution is 7.99. The molecule has 0 bridgehead atoms. The van der Waals surface area contributed by atoms with E-state index in [-0.39, 0.29) is 5.69 Å². The fraction of sp³-hybridized carbons (Fsp3) is 0.529. The van der Waals surface area contributed by atoms with Crippen molar-refractivity contribution in [3.8, 4) is 6.07 Å². The Kier molecular flexibility index (Phi) is 4.57. The first kappa shape index (κ1) is 16.7. The summed E-state index contributed by atoms with van der Waals surface area (Å²) in [5.74, 6) is 1.76. The van der Waals surface area contributed by atoms with Crippen LogP contribution in [-0.4, -0.2) is 32.8 Å². The van der Waals surface area contributed by atoms with Crippen molar-refractivity contribution in [1.82, 2.24) is 19.7 Å². The van der Waals surface area contributed by atoms with Gasteiger partial charge in [-0.3, -0.25) is 4.57 Å². The van der Waals surface area contributed by atoms with E-state index in [2.05, 4.69) is 31.6 Å². The fourth-order valence-corrected chi connectivity index (χ4v) is 4.09. The zero-order valence-electron chi connectivity index (χ0n) is 14.0. The van der Waals surface area contributed by atoms with Crippen molar-refractivity contribution in [3.63, 3.8) is 0 Å². The highest BCUT2D eigenvalue weighted by Crippen LogP contribution is 2.42. The number of nitrogens with zero attached hydrogens (tertiary/aromatic N) is 6. The van der Waals surface area contributed by atoms with Crippen LogP contribution in [0.25, 0.3) is 0 Å². The number of halogens is 1. The molecule has 0 amide bonds. The van der Waals surface area contributed by atoms with Crippen LogP contribution in [0.2, 0.25) is 5.02 Å². The lowest BCUT2D eigenvalue weighted by Gasteiger charge is -2.31. The van der Waals surface area contributed by atoms with Crippen LogP contribution < -0.4 is 4.90 Å². The van der Waals surface area contributed by atoms with E-state index in [9.17, 15) is 0 Å². The maximum Gasteiger partial charge on any atom is 0.228 e. The molecule has 130 valence electrons. The molecule has 0 atom stereocenters. The second-order valence-corrected chi connectivity index (χ2v) is 8.14. The number of hydrogen-bond donors (Lipinski definition) is 0. The molecule has 0 radical (unpaired) electrons. The highest BCUT2D eigenvalue weighted by Gasteiger charge is 2.32. The summed E-state index contributed by atoms with van der Waals surface area (Å²) >= 11 is 7.42. The molecule has 2 aromatic rings. The van der Waals surface area contributed by atoms with Gasteiger partial charge in [-0.05, 0) is 55.5 Å². The maximum atomic E-state index is 9.11. The van der Waals surface area contributed by atoms with E-state index >= 15 is 0 Å². The first-order chi connectivity index (χ1) is 12.2. The number of anilines is 1. The molecule has 0 aromatic carbocycles. The van der Waals surface area contributed by atoms with Crippen molar-refractivity contribution in [1.29, 1.82) is 5.26 Å². The standard InChI is InChI=1S/C17H19ClN6S/c1-11-6-8-23(9-7-11)16-21-22-17(24(16)12-2-3-12)25-15-5-4-13(18)14(10-19)20-15/h4-5,11-12H,2-3,6-9H2,1H3. The van der Waals surface area contributed by atoms with Crippen LogP contribution in [0.1, 0.15) is 44.3 Å². The lowest BCUT2D eigenvalue weighted by Crippen LogP contribution is -2.34. The first-order valence-electron chi connectivity index (χ1n) is 8.60. The van der Waals surface area contributed by atoms with Crippen LogP contribution in [0.15, 0.2) is 22.3 Å². The zero-order valence-corrected chi connectivity index (χ0v) is 15.6. The lowest BCUT2D eigenvalue weighted by atomic mass is 10.00. The minimum Gasteiger partial charge on any atom is -0.341 e. The summed E-state index contributed by atoms with van der Waals surface area (Å²) in [6.45, 7) is 4.38. The predicted octanol–water partition coefficient (Wildman–Crippen LogP) is 3.92. The molecule has 1 saturated heterocycles. The van der Waals surface area contributed by atoms with E-state index in [1.807, 2.05) is 12.1 Å². The fourth-order valence-electron chi connectivity index (χ4n) is 3.07. The maximum absolute atomic E-state index is 9.11. The number of aromatic nitrogens is 4. The third kappa shape index (κ3) is 3.46. The van der Waals surface area contributed by atoms with Crippen molar-refractivity contribution < 1.29 is 0 Å². The Morgan fingerprint density at radius 3 is 2.64 bits per heavy atom. The van der Waals surface area contributed by atoms with Gasteiger partial charge in [0.15, 0.2) is 10.9 Å². The Morgan fingerprint density at radius 1 is 1.20 bits per heavy atom. The molecule has 1 aliphatic carbocycles. The Morgan fingerprint density at radius 2 is 1.96 bits per heavy atom. The van der Waals surface area contributed by atoms with Crippen LogP contribution in [0.3, 0.4) is 0 Å². The third-order valence-corrected chi connectivity index (χ3v) is 5.95. The predicted molar refractivity (Wildman–Crippen MR) is 97.0 cm³/mol. The van der Waals surface area contributed by atoms with Crippen molar-refractivity contribution in [2.24, 2.45) is 5.92 Å². The molecule has 6 nitrogen and oxygen atoms in total. The van der Waals surface area contributed by atoms with Gasteiger partial charge in [0.2, 0.25) is 5.95 Å². The van der Waals surface area contributed by atoms with Gasteiger partial charge in [0.1, 0.15) is 11.1 Å². The summed E-state index contributed by atoms with van der Waals surface area (Å²) in [6.07, 6.45) is 4.73. The largest absolute Gasteiger partial charge is 0.341 e. The van der Waals surface area contributed by atoms with Crippen molar-refractivity contribution in [3.05, 3.63) is 22.8 Å². The highest BCUT2D eigenvalue weighted by atomic mass is 35.5. The summed E-state index contributed by atoms with van der Waals surface area (Å²) in [4.78, 5) is 6.67. The quantitative estimate of drug-likeness (QED) is 0.807. The molecule has 2 aliphatic rings. The molecule has 2 aromatic heterocycles. The Bertz CT molecular complexity index is 817. The molecule has 4 rings (SSSR count). The van der Waals surface area contributed by atoms with E-state index in [1.165, 1.54) is 37.4 Å². The second kappa shape index (κ2) is 6.85. The van der Waals surface area contributed by atoms with Crippen molar-refractivity contribution in [2.75, 3.05) is 18.0 Å².